The zero-order chi connectivity index (χ0) is 13.1. The van der Waals surface area contributed by atoms with E-state index in [1.165, 1.54) is 0 Å². The highest BCUT2D eigenvalue weighted by Gasteiger charge is 2.42. The molecule has 1 amide bonds. The molecule has 1 aliphatic carbocycles. The first kappa shape index (κ1) is 14.0. The molecule has 1 rings (SSSR count). The maximum atomic E-state index is 11.9. The Morgan fingerprint density at radius 1 is 1.47 bits per heavy atom. The number of aliphatic carboxylic acids is 1. The average molecular weight is 241 g/mol. The van der Waals surface area contributed by atoms with E-state index in [1.54, 1.807) is 0 Å². The summed E-state index contributed by atoms with van der Waals surface area (Å²) in [7, 11) is 0. The fourth-order valence-electron chi connectivity index (χ4n) is 2.47. The highest BCUT2D eigenvalue weighted by Crippen LogP contribution is 2.34. The minimum absolute atomic E-state index is 0.0249. The Bertz CT molecular complexity index is 303. The topological polar surface area (TPSA) is 66.4 Å². The van der Waals surface area contributed by atoms with Crippen molar-refractivity contribution in [1.82, 2.24) is 5.32 Å². The molecule has 1 fully saturated rings. The Labute approximate surface area is 103 Å². The van der Waals surface area contributed by atoms with Gasteiger partial charge in [-0.3, -0.25) is 9.59 Å². The van der Waals surface area contributed by atoms with E-state index in [0.29, 0.717) is 6.42 Å². The van der Waals surface area contributed by atoms with Crippen LogP contribution in [0.15, 0.2) is 0 Å². The van der Waals surface area contributed by atoms with Crippen molar-refractivity contribution in [3.63, 3.8) is 0 Å². The standard InChI is InChI=1S/C13H23NO3/c1-4-9(2)11(15)14-13(3)8-6-5-7-10(13)12(16)17/h9-10H,4-8H2,1-3H3,(H,14,15)(H,16,17). The molecule has 0 aromatic heterocycles. The summed E-state index contributed by atoms with van der Waals surface area (Å²) >= 11 is 0. The summed E-state index contributed by atoms with van der Waals surface area (Å²) in [6.07, 6.45) is 4.12. The fraction of sp³-hybridized carbons (Fsp3) is 0.846. The predicted octanol–water partition coefficient (Wildman–Crippen LogP) is 2.18. The first-order valence-corrected chi connectivity index (χ1v) is 6.45. The van der Waals surface area contributed by atoms with Gasteiger partial charge in [-0.2, -0.15) is 0 Å². The summed E-state index contributed by atoms with van der Waals surface area (Å²) in [5, 5.41) is 12.2. The minimum atomic E-state index is -0.795. The Balaban J connectivity index is 2.76. The molecular weight excluding hydrogens is 218 g/mol. The molecule has 0 saturated heterocycles. The fourth-order valence-corrected chi connectivity index (χ4v) is 2.47. The molecular formula is C13H23NO3. The van der Waals surface area contributed by atoms with E-state index in [4.69, 9.17) is 0 Å². The highest BCUT2D eigenvalue weighted by atomic mass is 16.4. The molecule has 0 heterocycles. The molecule has 0 aliphatic heterocycles. The van der Waals surface area contributed by atoms with Gasteiger partial charge in [0.25, 0.3) is 0 Å². The number of nitrogens with one attached hydrogen (secondary N) is 1. The summed E-state index contributed by atoms with van der Waals surface area (Å²) in [6.45, 7) is 5.70. The molecule has 4 nitrogen and oxygen atoms in total. The lowest BCUT2D eigenvalue weighted by Gasteiger charge is -2.40. The van der Waals surface area contributed by atoms with Crippen LogP contribution in [0.3, 0.4) is 0 Å². The molecule has 0 radical (unpaired) electrons. The van der Waals surface area contributed by atoms with Gasteiger partial charge in [0.05, 0.1) is 11.5 Å². The van der Waals surface area contributed by atoms with Crippen molar-refractivity contribution < 1.29 is 14.7 Å². The third-order valence-corrected chi connectivity index (χ3v) is 3.97. The summed E-state index contributed by atoms with van der Waals surface area (Å²) in [5.41, 5.74) is -0.579. The van der Waals surface area contributed by atoms with Crippen LogP contribution >= 0.6 is 0 Å². The molecule has 17 heavy (non-hydrogen) atoms. The monoisotopic (exact) mass is 241 g/mol. The van der Waals surface area contributed by atoms with Gasteiger partial charge in [-0.05, 0) is 26.2 Å². The minimum Gasteiger partial charge on any atom is -0.481 e. The van der Waals surface area contributed by atoms with Crippen molar-refractivity contribution in [1.29, 1.82) is 0 Å². The van der Waals surface area contributed by atoms with Crippen LogP contribution in [0.1, 0.15) is 52.9 Å². The normalized spacial score (nSPS) is 30.6. The lowest BCUT2D eigenvalue weighted by atomic mass is 9.73. The first-order chi connectivity index (χ1) is 7.90. The molecule has 98 valence electrons. The Hall–Kier alpha value is -1.06. The Morgan fingerprint density at radius 3 is 2.65 bits per heavy atom. The number of amides is 1. The predicted molar refractivity (Wildman–Crippen MR) is 65.6 cm³/mol. The van der Waals surface area contributed by atoms with Gasteiger partial charge < -0.3 is 10.4 Å². The molecule has 0 spiro atoms. The van der Waals surface area contributed by atoms with Crippen molar-refractivity contribution in [2.24, 2.45) is 11.8 Å². The molecule has 1 saturated carbocycles. The molecule has 0 aromatic carbocycles. The zero-order valence-electron chi connectivity index (χ0n) is 11.0. The van der Waals surface area contributed by atoms with Gasteiger partial charge in [0, 0.05) is 5.92 Å². The average Bonchev–Trinajstić information content (AvgIpc) is 2.27. The van der Waals surface area contributed by atoms with Crippen LogP contribution in [0.2, 0.25) is 0 Å². The lowest BCUT2D eigenvalue weighted by molar-refractivity contribution is -0.147. The van der Waals surface area contributed by atoms with Crippen molar-refractivity contribution >= 4 is 11.9 Å². The van der Waals surface area contributed by atoms with E-state index in [1.807, 2.05) is 20.8 Å². The molecule has 3 atom stereocenters. The van der Waals surface area contributed by atoms with Crippen LogP contribution in [0.4, 0.5) is 0 Å². The lowest BCUT2D eigenvalue weighted by Crippen LogP contribution is -2.56. The number of hydrogen-bond acceptors (Lipinski definition) is 2. The van der Waals surface area contributed by atoms with Crippen molar-refractivity contribution in [2.45, 2.75) is 58.4 Å². The second-order valence-corrected chi connectivity index (χ2v) is 5.35. The van der Waals surface area contributed by atoms with E-state index >= 15 is 0 Å². The summed E-state index contributed by atoms with van der Waals surface area (Å²) in [5.74, 6) is -1.33. The summed E-state index contributed by atoms with van der Waals surface area (Å²) in [6, 6.07) is 0. The van der Waals surface area contributed by atoms with E-state index in [2.05, 4.69) is 5.32 Å². The SMILES string of the molecule is CCC(C)C(=O)NC1(C)CCCCC1C(=O)O. The van der Waals surface area contributed by atoms with Gasteiger partial charge in [0.2, 0.25) is 5.91 Å². The molecule has 0 aromatic rings. The van der Waals surface area contributed by atoms with Crippen LogP contribution < -0.4 is 5.32 Å². The largest absolute Gasteiger partial charge is 0.481 e. The third-order valence-electron chi connectivity index (χ3n) is 3.97. The van der Waals surface area contributed by atoms with Gasteiger partial charge >= 0.3 is 5.97 Å². The van der Waals surface area contributed by atoms with Crippen molar-refractivity contribution in [3.05, 3.63) is 0 Å². The highest BCUT2D eigenvalue weighted by molar-refractivity contribution is 5.80. The molecule has 2 N–H and O–H groups in total. The summed E-state index contributed by atoms with van der Waals surface area (Å²) < 4.78 is 0. The van der Waals surface area contributed by atoms with Crippen LogP contribution in [-0.2, 0) is 9.59 Å². The van der Waals surface area contributed by atoms with Crippen LogP contribution in [0.5, 0.6) is 0 Å². The van der Waals surface area contributed by atoms with Crippen molar-refractivity contribution in [2.75, 3.05) is 0 Å². The first-order valence-electron chi connectivity index (χ1n) is 6.45. The number of hydrogen-bond donors (Lipinski definition) is 2. The molecule has 4 heteroatoms. The van der Waals surface area contributed by atoms with E-state index in [-0.39, 0.29) is 11.8 Å². The van der Waals surface area contributed by atoms with Gasteiger partial charge in [0.15, 0.2) is 0 Å². The maximum Gasteiger partial charge on any atom is 0.308 e. The zero-order valence-corrected chi connectivity index (χ0v) is 11.0. The van der Waals surface area contributed by atoms with Crippen LogP contribution in [0, 0.1) is 11.8 Å². The number of carboxylic acid groups (broad SMARTS) is 1. The Kier molecular flexibility index (Phi) is 4.54. The van der Waals surface area contributed by atoms with E-state index in [9.17, 15) is 14.7 Å². The van der Waals surface area contributed by atoms with Crippen LogP contribution in [-0.4, -0.2) is 22.5 Å². The molecule has 1 aliphatic rings. The number of carboxylic acids is 1. The number of rotatable bonds is 4. The number of carbonyl (C=O) groups excluding carboxylic acids is 1. The molecule has 3 unspecified atom stereocenters. The van der Waals surface area contributed by atoms with Gasteiger partial charge in [0.1, 0.15) is 0 Å². The van der Waals surface area contributed by atoms with E-state index < -0.39 is 17.4 Å². The number of carbonyl (C=O) groups is 2. The van der Waals surface area contributed by atoms with Crippen LogP contribution in [0.25, 0.3) is 0 Å². The van der Waals surface area contributed by atoms with Gasteiger partial charge in [-0.25, -0.2) is 0 Å². The quantitative estimate of drug-likeness (QED) is 0.792. The maximum absolute atomic E-state index is 11.9. The van der Waals surface area contributed by atoms with Gasteiger partial charge in [-0.1, -0.05) is 26.7 Å². The van der Waals surface area contributed by atoms with E-state index in [0.717, 1.165) is 25.7 Å². The van der Waals surface area contributed by atoms with Crippen molar-refractivity contribution in [3.8, 4) is 0 Å². The second kappa shape index (κ2) is 5.52. The Morgan fingerprint density at radius 2 is 2.12 bits per heavy atom. The molecule has 0 bridgehead atoms. The van der Waals surface area contributed by atoms with Gasteiger partial charge in [-0.15, -0.1) is 0 Å². The smallest absolute Gasteiger partial charge is 0.308 e. The summed E-state index contributed by atoms with van der Waals surface area (Å²) in [4.78, 5) is 23.2. The third kappa shape index (κ3) is 3.20. The second-order valence-electron chi connectivity index (χ2n) is 5.35.